The lowest BCUT2D eigenvalue weighted by atomic mass is 10.0. The normalized spacial score (nSPS) is 19.1. The van der Waals surface area contributed by atoms with Crippen molar-refractivity contribution in [3.63, 3.8) is 0 Å². The molecule has 15 heteroatoms. The van der Waals surface area contributed by atoms with Crippen LogP contribution in [0.3, 0.4) is 0 Å². The standard InChI is InChI=1S/C21H25N7O6S2/c1-5-34-20(33)14-9(2)12(22-10(14)3)6-13(29)23-15-17(30)28-16(19(31)32)11(7-35-18(15)28)8-36-21-24-25-26-27(21)4/h15,18,22H,5-8H2,1-4H3,(H,23,29)(H,31,32)/t15-,18-/m1/s1. The number of carbonyl (C=O) groups is 4. The largest absolute Gasteiger partial charge is 0.477 e. The Labute approximate surface area is 214 Å². The van der Waals surface area contributed by atoms with Gasteiger partial charge in [0.1, 0.15) is 17.1 Å². The number of aromatic amines is 1. The number of fused-ring (bicyclic) bond motifs is 1. The van der Waals surface area contributed by atoms with Crippen molar-refractivity contribution < 1.29 is 29.0 Å². The molecule has 0 aromatic carbocycles. The van der Waals surface area contributed by atoms with E-state index in [0.717, 1.165) is 0 Å². The van der Waals surface area contributed by atoms with Crippen LogP contribution in [0.15, 0.2) is 16.4 Å². The highest BCUT2D eigenvalue weighted by molar-refractivity contribution is 8.01. The summed E-state index contributed by atoms with van der Waals surface area (Å²) in [5.74, 6) is -1.86. The molecule has 2 aromatic heterocycles. The van der Waals surface area contributed by atoms with Gasteiger partial charge < -0.3 is 20.1 Å². The fourth-order valence-corrected chi connectivity index (χ4v) is 6.51. The second-order valence-electron chi connectivity index (χ2n) is 8.21. The molecule has 36 heavy (non-hydrogen) atoms. The Balaban J connectivity index is 1.43. The first kappa shape index (κ1) is 25.8. The van der Waals surface area contributed by atoms with Crippen molar-refractivity contribution in [1.29, 1.82) is 0 Å². The topological polar surface area (TPSA) is 172 Å². The van der Waals surface area contributed by atoms with Crippen molar-refractivity contribution in [2.24, 2.45) is 7.05 Å². The monoisotopic (exact) mass is 535 g/mol. The van der Waals surface area contributed by atoms with Crippen molar-refractivity contribution in [3.05, 3.63) is 33.8 Å². The molecule has 2 amide bonds. The Morgan fingerprint density at radius 3 is 2.72 bits per heavy atom. The number of carboxylic acids is 1. The van der Waals surface area contributed by atoms with Crippen molar-refractivity contribution in [2.75, 3.05) is 18.1 Å². The molecule has 0 bridgehead atoms. The number of thioether (sulfide) groups is 2. The van der Waals surface area contributed by atoms with Crippen LogP contribution in [0.5, 0.6) is 0 Å². The van der Waals surface area contributed by atoms with Crippen LogP contribution in [0.2, 0.25) is 0 Å². The number of rotatable bonds is 9. The molecule has 3 N–H and O–H groups in total. The molecule has 0 aliphatic carbocycles. The van der Waals surface area contributed by atoms with E-state index in [1.54, 1.807) is 27.8 Å². The SMILES string of the molecule is CCOC(=O)c1c(C)[nH]c(CC(=O)N[C@@H]2C(=O)N3C(C(=O)O)=C(CSc4nnnn4C)CS[C@H]23)c1C. The number of carbonyl (C=O) groups excluding carboxylic acids is 3. The fourth-order valence-electron chi connectivity index (χ4n) is 4.18. The minimum Gasteiger partial charge on any atom is -0.477 e. The summed E-state index contributed by atoms with van der Waals surface area (Å²) < 4.78 is 6.56. The number of β-lactam (4-membered cyclic amide) rings is 1. The molecule has 2 aliphatic rings. The van der Waals surface area contributed by atoms with Gasteiger partial charge in [-0.3, -0.25) is 14.5 Å². The first-order valence-corrected chi connectivity index (χ1v) is 13.1. The van der Waals surface area contributed by atoms with Gasteiger partial charge in [0.25, 0.3) is 5.91 Å². The van der Waals surface area contributed by atoms with Crippen molar-refractivity contribution in [3.8, 4) is 0 Å². The second kappa shape index (κ2) is 10.3. The zero-order valence-electron chi connectivity index (χ0n) is 20.0. The van der Waals surface area contributed by atoms with E-state index in [9.17, 15) is 24.3 Å². The highest BCUT2D eigenvalue weighted by Gasteiger charge is 2.54. The highest BCUT2D eigenvalue weighted by Crippen LogP contribution is 2.41. The van der Waals surface area contributed by atoms with Gasteiger partial charge >= 0.3 is 11.9 Å². The average molecular weight is 536 g/mol. The number of hydrogen-bond donors (Lipinski definition) is 3. The maximum absolute atomic E-state index is 12.9. The van der Waals surface area contributed by atoms with E-state index in [1.165, 1.54) is 33.1 Å². The quantitative estimate of drug-likeness (QED) is 0.230. The molecular formula is C21H25N7O6S2. The molecule has 13 nitrogen and oxygen atoms in total. The van der Waals surface area contributed by atoms with Gasteiger partial charge in [-0.1, -0.05) is 11.8 Å². The molecule has 0 unspecified atom stereocenters. The molecule has 4 rings (SSSR count). The minimum absolute atomic E-state index is 0.0632. The predicted octanol–water partition coefficient (Wildman–Crippen LogP) is 0.405. The van der Waals surface area contributed by atoms with Crippen LogP contribution < -0.4 is 5.32 Å². The predicted molar refractivity (Wildman–Crippen MR) is 129 cm³/mol. The van der Waals surface area contributed by atoms with E-state index < -0.39 is 35.2 Å². The summed E-state index contributed by atoms with van der Waals surface area (Å²) >= 11 is 2.67. The van der Waals surface area contributed by atoms with Crippen LogP contribution in [-0.4, -0.2) is 88.5 Å². The third-order valence-electron chi connectivity index (χ3n) is 5.88. The molecule has 4 heterocycles. The molecule has 2 aliphatic heterocycles. The number of aliphatic carboxylic acids is 1. The summed E-state index contributed by atoms with van der Waals surface area (Å²) in [5, 5.41) is 23.7. The Hall–Kier alpha value is -3.33. The number of nitrogens with one attached hydrogen (secondary N) is 2. The lowest BCUT2D eigenvalue weighted by Gasteiger charge is -2.49. The third-order valence-corrected chi connectivity index (χ3v) is 8.32. The van der Waals surface area contributed by atoms with Crippen molar-refractivity contribution in [2.45, 2.75) is 43.8 Å². The summed E-state index contributed by atoms with van der Waals surface area (Å²) in [6.07, 6.45) is -0.0670. The molecule has 0 spiro atoms. The van der Waals surface area contributed by atoms with E-state index in [-0.39, 0.29) is 18.7 Å². The molecule has 1 saturated heterocycles. The van der Waals surface area contributed by atoms with Crippen LogP contribution in [0.4, 0.5) is 0 Å². The van der Waals surface area contributed by atoms with Gasteiger partial charge in [-0.05, 0) is 42.3 Å². The van der Waals surface area contributed by atoms with Crippen LogP contribution in [0.25, 0.3) is 0 Å². The van der Waals surface area contributed by atoms with Crippen LogP contribution >= 0.6 is 23.5 Å². The number of amides is 2. The lowest BCUT2D eigenvalue weighted by molar-refractivity contribution is -0.150. The molecule has 2 aromatic rings. The first-order chi connectivity index (χ1) is 17.1. The Kier molecular flexibility index (Phi) is 7.40. The van der Waals surface area contributed by atoms with Gasteiger partial charge in [0.05, 0.1) is 18.6 Å². The zero-order valence-corrected chi connectivity index (χ0v) is 21.7. The van der Waals surface area contributed by atoms with E-state index in [4.69, 9.17) is 4.74 Å². The molecular weight excluding hydrogens is 510 g/mol. The maximum atomic E-state index is 12.9. The van der Waals surface area contributed by atoms with Crippen LogP contribution in [0.1, 0.15) is 34.2 Å². The molecule has 0 saturated carbocycles. The summed E-state index contributed by atoms with van der Waals surface area (Å²) in [6.45, 7) is 5.41. The van der Waals surface area contributed by atoms with E-state index >= 15 is 0 Å². The maximum Gasteiger partial charge on any atom is 0.352 e. The number of ether oxygens (including phenoxy) is 1. The van der Waals surface area contributed by atoms with Gasteiger partial charge in [0, 0.05) is 29.9 Å². The molecule has 0 radical (unpaired) electrons. The fraction of sp³-hybridized carbons (Fsp3) is 0.476. The van der Waals surface area contributed by atoms with Crippen molar-refractivity contribution in [1.82, 2.24) is 35.4 Å². The Morgan fingerprint density at radius 2 is 2.08 bits per heavy atom. The number of aryl methyl sites for hydroxylation is 2. The minimum atomic E-state index is -1.20. The first-order valence-electron chi connectivity index (χ1n) is 11.0. The van der Waals surface area contributed by atoms with Gasteiger partial charge in [-0.2, -0.15) is 0 Å². The van der Waals surface area contributed by atoms with Gasteiger partial charge in [0.15, 0.2) is 0 Å². The average Bonchev–Trinajstić information content (AvgIpc) is 3.36. The zero-order chi connectivity index (χ0) is 26.1. The number of tetrazole rings is 1. The number of hydrogen-bond acceptors (Lipinski definition) is 10. The number of aromatic nitrogens is 5. The number of carboxylic acid groups (broad SMARTS) is 1. The Bertz CT molecular complexity index is 1270. The van der Waals surface area contributed by atoms with Gasteiger partial charge in [-0.25, -0.2) is 14.3 Å². The van der Waals surface area contributed by atoms with Crippen LogP contribution in [-0.2, 0) is 32.6 Å². The number of nitrogens with zero attached hydrogens (tertiary/aromatic N) is 5. The summed E-state index contributed by atoms with van der Waals surface area (Å²) in [6, 6.07) is -0.838. The van der Waals surface area contributed by atoms with E-state index in [0.29, 0.717) is 44.8 Å². The third kappa shape index (κ3) is 4.72. The van der Waals surface area contributed by atoms with E-state index in [1.807, 2.05) is 0 Å². The summed E-state index contributed by atoms with van der Waals surface area (Å²) in [4.78, 5) is 54.2. The number of H-pyrrole nitrogens is 1. The van der Waals surface area contributed by atoms with Crippen molar-refractivity contribution >= 4 is 47.3 Å². The summed E-state index contributed by atoms with van der Waals surface area (Å²) in [5.41, 5.74) is 2.68. The smallest absolute Gasteiger partial charge is 0.352 e. The van der Waals surface area contributed by atoms with Crippen LogP contribution in [0, 0.1) is 13.8 Å². The molecule has 192 valence electrons. The lowest BCUT2D eigenvalue weighted by Crippen LogP contribution is -2.70. The van der Waals surface area contributed by atoms with E-state index in [2.05, 4.69) is 25.8 Å². The Morgan fingerprint density at radius 1 is 1.33 bits per heavy atom. The van der Waals surface area contributed by atoms with Gasteiger partial charge in [-0.15, -0.1) is 16.9 Å². The number of esters is 1. The molecule has 1 fully saturated rings. The summed E-state index contributed by atoms with van der Waals surface area (Å²) in [7, 11) is 1.68. The highest BCUT2D eigenvalue weighted by atomic mass is 32.2. The second-order valence-corrected chi connectivity index (χ2v) is 10.3. The molecule has 2 atom stereocenters. The van der Waals surface area contributed by atoms with Gasteiger partial charge in [0.2, 0.25) is 11.1 Å².